The van der Waals surface area contributed by atoms with Crippen molar-refractivity contribution in [1.29, 1.82) is 5.26 Å². The molecular weight excluding hydrogens is 502 g/mol. The van der Waals surface area contributed by atoms with Crippen LogP contribution in [-0.4, -0.2) is 62.6 Å². The summed E-state index contributed by atoms with van der Waals surface area (Å²) in [7, 11) is 0. The Morgan fingerprint density at radius 3 is 2.66 bits per heavy atom. The van der Waals surface area contributed by atoms with Gasteiger partial charge in [-0.3, -0.25) is 14.9 Å². The van der Waals surface area contributed by atoms with E-state index in [1.807, 2.05) is 22.4 Å². The third-order valence-corrected chi connectivity index (χ3v) is 8.32. The maximum Gasteiger partial charge on any atom is 0.291 e. The fourth-order valence-electron chi connectivity index (χ4n) is 5.84. The number of hydrogen-bond acceptors (Lipinski definition) is 10. The first kappa shape index (κ1) is 22.5. The van der Waals surface area contributed by atoms with E-state index in [2.05, 4.69) is 36.3 Å². The van der Waals surface area contributed by atoms with Crippen LogP contribution in [0, 0.1) is 11.3 Å². The number of carbonyl (C=O) groups is 1. The minimum atomic E-state index is -0.136. The van der Waals surface area contributed by atoms with Gasteiger partial charge in [-0.25, -0.2) is 15.0 Å². The summed E-state index contributed by atoms with van der Waals surface area (Å²) in [5.74, 6) is 0.365. The number of rotatable bonds is 4. The lowest BCUT2D eigenvalue weighted by Gasteiger charge is -2.38. The van der Waals surface area contributed by atoms with Gasteiger partial charge in [-0.05, 0) is 31.7 Å². The minimum Gasteiger partial charge on any atom is -0.382 e. The Hall–Kier alpha value is -4.70. The van der Waals surface area contributed by atoms with Crippen LogP contribution in [0.25, 0.3) is 27.5 Å². The molecule has 5 aromatic heterocycles. The summed E-state index contributed by atoms with van der Waals surface area (Å²) in [6.07, 6.45) is 9.76. The molecule has 7 heterocycles. The third-order valence-electron chi connectivity index (χ3n) is 7.52. The number of nitrogens with one attached hydrogen (secondary N) is 1. The van der Waals surface area contributed by atoms with Crippen LogP contribution >= 0.6 is 11.3 Å². The molecule has 2 atom stereocenters. The maximum absolute atomic E-state index is 13.1. The number of nitrogen functional groups attached to an aromatic ring is 1. The molecule has 0 spiro atoms. The Bertz CT molecular complexity index is 1670. The number of amides is 1. The number of nitrogens with two attached hydrogens (primary N) is 1. The van der Waals surface area contributed by atoms with Crippen molar-refractivity contribution in [2.45, 2.75) is 43.7 Å². The second-order valence-corrected chi connectivity index (χ2v) is 10.4. The van der Waals surface area contributed by atoms with Crippen LogP contribution in [0.2, 0.25) is 0 Å². The zero-order valence-electron chi connectivity index (χ0n) is 20.0. The molecule has 0 aliphatic carbocycles. The Labute approximate surface area is 220 Å². The summed E-state index contributed by atoms with van der Waals surface area (Å²) < 4.78 is 1.52. The van der Waals surface area contributed by atoms with E-state index in [-0.39, 0.29) is 35.6 Å². The largest absolute Gasteiger partial charge is 0.382 e. The third kappa shape index (κ3) is 3.45. The lowest BCUT2D eigenvalue weighted by atomic mass is 9.86. The van der Waals surface area contributed by atoms with E-state index >= 15 is 0 Å². The number of aromatic amines is 1. The summed E-state index contributed by atoms with van der Waals surface area (Å²) in [6, 6.07) is 6.22. The topological polar surface area (TPSA) is 168 Å². The van der Waals surface area contributed by atoms with E-state index < -0.39 is 0 Å². The average Bonchev–Trinajstić information content (AvgIpc) is 3.75. The molecule has 38 heavy (non-hydrogen) atoms. The molecule has 3 N–H and O–H groups in total. The van der Waals surface area contributed by atoms with Crippen molar-refractivity contribution in [1.82, 2.24) is 44.6 Å². The second kappa shape index (κ2) is 8.70. The first-order valence-corrected chi connectivity index (χ1v) is 13.1. The summed E-state index contributed by atoms with van der Waals surface area (Å²) >= 11 is 1.53. The predicted molar refractivity (Wildman–Crippen MR) is 138 cm³/mol. The van der Waals surface area contributed by atoms with Crippen LogP contribution in [0.15, 0.2) is 42.4 Å². The van der Waals surface area contributed by atoms with E-state index in [1.165, 1.54) is 22.2 Å². The van der Waals surface area contributed by atoms with Gasteiger partial charge in [0.05, 0.1) is 17.6 Å². The van der Waals surface area contributed by atoms with E-state index in [4.69, 9.17) is 10.7 Å². The monoisotopic (exact) mass is 523 g/mol. The SMILES string of the molecule is N#Cc1c(C2CC3CCC(C2)N3C(=O)c2ncn[nH]2)nc2c(-c3ccc(-c4nccs4)nc3)cnn2c1N. The van der Waals surface area contributed by atoms with Gasteiger partial charge in [-0.2, -0.15) is 20.0 Å². The van der Waals surface area contributed by atoms with Crippen LogP contribution in [0.5, 0.6) is 0 Å². The number of nitrogens with zero attached hydrogens (tertiary/aromatic N) is 9. The molecule has 13 heteroatoms. The average molecular weight is 524 g/mol. The first-order valence-electron chi connectivity index (χ1n) is 12.2. The quantitative estimate of drug-likeness (QED) is 0.360. The van der Waals surface area contributed by atoms with Crippen LogP contribution < -0.4 is 5.73 Å². The summed E-state index contributed by atoms with van der Waals surface area (Å²) in [5.41, 5.74) is 10.5. The number of piperidine rings is 1. The van der Waals surface area contributed by atoms with E-state index in [1.54, 1.807) is 18.6 Å². The summed E-state index contributed by atoms with van der Waals surface area (Å²) in [4.78, 5) is 32.9. The first-order chi connectivity index (χ1) is 18.6. The highest BCUT2D eigenvalue weighted by Gasteiger charge is 2.45. The van der Waals surface area contributed by atoms with Crippen molar-refractivity contribution in [3.63, 3.8) is 0 Å². The fourth-order valence-corrected chi connectivity index (χ4v) is 6.45. The number of nitriles is 1. The molecule has 2 bridgehead atoms. The number of thiazole rings is 1. The zero-order chi connectivity index (χ0) is 25.8. The van der Waals surface area contributed by atoms with Gasteiger partial charge in [0.25, 0.3) is 5.91 Å². The number of aromatic nitrogens is 8. The van der Waals surface area contributed by atoms with Crippen molar-refractivity contribution in [3.05, 3.63) is 59.5 Å². The van der Waals surface area contributed by atoms with E-state index in [0.717, 1.165) is 34.7 Å². The van der Waals surface area contributed by atoms with Crippen molar-refractivity contribution < 1.29 is 4.79 Å². The van der Waals surface area contributed by atoms with Crippen LogP contribution in [0.3, 0.4) is 0 Å². The molecule has 2 saturated heterocycles. The highest BCUT2D eigenvalue weighted by molar-refractivity contribution is 7.13. The predicted octanol–water partition coefficient (Wildman–Crippen LogP) is 3.04. The fraction of sp³-hybridized carbons (Fsp3) is 0.280. The maximum atomic E-state index is 13.1. The molecular formula is C25H21N11OS. The molecule has 2 aliphatic heterocycles. The van der Waals surface area contributed by atoms with Gasteiger partial charge in [-0.15, -0.1) is 11.3 Å². The Morgan fingerprint density at radius 2 is 2.00 bits per heavy atom. The number of H-pyrrole nitrogens is 1. The second-order valence-electron chi connectivity index (χ2n) is 9.53. The van der Waals surface area contributed by atoms with Crippen molar-refractivity contribution in [2.24, 2.45) is 0 Å². The number of hydrogen-bond donors (Lipinski definition) is 2. The summed E-state index contributed by atoms with van der Waals surface area (Å²) in [6.45, 7) is 0. The minimum absolute atomic E-state index is 0.0126. The number of anilines is 1. The highest BCUT2D eigenvalue weighted by atomic mass is 32.1. The van der Waals surface area contributed by atoms with Crippen LogP contribution in [-0.2, 0) is 0 Å². The Balaban J connectivity index is 1.25. The molecule has 188 valence electrons. The highest BCUT2D eigenvalue weighted by Crippen LogP contribution is 2.44. The number of fused-ring (bicyclic) bond motifs is 3. The molecule has 2 unspecified atom stereocenters. The van der Waals surface area contributed by atoms with Gasteiger partial charge in [0.1, 0.15) is 28.8 Å². The normalized spacial score (nSPS) is 20.6. The van der Waals surface area contributed by atoms with Crippen molar-refractivity contribution in [3.8, 4) is 27.9 Å². The van der Waals surface area contributed by atoms with E-state index in [0.29, 0.717) is 29.7 Å². The van der Waals surface area contributed by atoms with Crippen LogP contribution in [0.1, 0.15) is 53.5 Å². The van der Waals surface area contributed by atoms with Gasteiger partial charge in [0.15, 0.2) is 5.65 Å². The lowest BCUT2D eigenvalue weighted by Crippen LogP contribution is -2.46. The summed E-state index contributed by atoms with van der Waals surface area (Å²) in [5, 5.41) is 23.7. The molecule has 12 nitrogen and oxygen atoms in total. The smallest absolute Gasteiger partial charge is 0.291 e. The molecule has 1 amide bonds. The van der Waals surface area contributed by atoms with Gasteiger partial charge in [-0.1, -0.05) is 6.07 Å². The Kier molecular flexibility index (Phi) is 5.15. The van der Waals surface area contributed by atoms with Gasteiger partial charge in [0.2, 0.25) is 5.82 Å². The lowest BCUT2D eigenvalue weighted by molar-refractivity contribution is 0.0557. The molecule has 2 aliphatic rings. The van der Waals surface area contributed by atoms with Crippen molar-refractivity contribution in [2.75, 3.05) is 5.73 Å². The number of carbonyl (C=O) groups excluding carboxylic acids is 1. The molecule has 0 saturated carbocycles. The standard InChI is InChI=1S/C25H21N11OS/c26-9-17-20(14-7-15-2-3-16(8-14)35(15)25(37)22-30-12-31-34-22)33-23-18(11-32-36(23)21(17)27)13-1-4-19(29-10-13)24-28-5-6-38-24/h1,4-6,10-12,14-16H,2-3,7-8,27H2,(H,30,31,34). The Morgan fingerprint density at radius 1 is 1.16 bits per heavy atom. The molecule has 0 aromatic carbocycles. The van der Waals surface area contributed by atoms with Gasteiger partial charge >= 0.3 is 0 Å². The molecule has 5 aromatic rings. The van der Waals surface area contributed by atoms with Gasteiger partial charge in [0, 0.05) is 46.9 Å². The van der Waals surface area contributed by atoms with E-state index in [9.17, 15) is 10.1 Å². The number of pyridine rings is 1. The molecule has 0 radical (unpaired) electrons. The van der Waals surface area contributed by atoms with Crippen molar-refractivity contribution >= 4 is 28.7 Å². The van der Waals surface area contributed by atoms with Gasteiger partial charge < -0.3 is 10.6 Å². The molecule has 7 rings (SSSR count). The zero-order valence-corrected chi connectivity index (χ0v) is 20.8. The molecule has 2 fully saturated rings. The van der Waals surface area contributed by atoms with Crippen LogP contribution in [0.4, 0.5) is 5.82 Å².